The number of anilines is 1. The molecular weight excluding hydrogens is 298 g/mol. The molecule has 0 saturated heterocycles. The summed E-state index contributed by atoms with van der Waals surface area (Å²) in [5.74, 6) is -1.19. The fraction of sp³-hybridized carbons (Fsp3) is 0.312. The number of rotatable bonds is 4. The zero-order valence-electron chi connectivity index (χ0n) is 12.9. The third-order valence-electron chi connectivity index (χ3n) is 3.33. The summed E-state index contributed by atoms with van der Waals surface area (Å²) in [6.45, 7) is 6.54. The molecule has 1 N–H and O–H groups in total. The number of carbonyl (C=O) groups excluding carboxylic acids is 2. The minimum atomic E-state index is -0.647. The lowest BCUT2D eigenvalue weighted by atomic mass is 10.2. The fourth-order valence-corrected chi connectivity index (χ4v) is 2.76. The number of likely N-dealkylation sites (N-methyl/N-ethyl adjacent to an activating group) is 1. The number of hydrogen-bond donors (Lipinski definition) is 1. The van der Waals surface area contributed by atoms with Crippen molar-refractivity contribution in [2.45, 2.75) is 27.3 Å². The number of aryl methyl sites for hydroxylation is 2. The number of benzene rings is 1. The lowest BCUT2D eigenvalue weighted by Gasteiger charge is -2.19. The molecule has 1 aromatic carbocycles. The van der Waals surface area contributed by atoms with Crippen molar-refractivity contribution in [3.63, 3.8) is 0 Å². The van der Waals surface area contributed by atoms with Crippen LogP contribution in [-0.2, 0) is 16.1 Å². The van der Waals surface area contributed by atoms with Gasteiger partial charge in [0.2, 0.25) is 0 Å². The SMILES string of the molecule is CCN(Cc1ccccc1)C(=O)C(=O)Nc1nc(C)c(C)s1. The van der Waals surface area contributed by atoms with Crippen LogP contribution in [0, 0.1) is 13.8 Å². The summed E-state index contributed by atoms with van der Waals surface area (Å²) in [7, 11) is 0. The van der Waals surface area contributed by atoms with Gasteiger partial charge >= 0.3 is 11.8 Å². The summed E-state index contributed by atoms with van der Waals surface area (Å²) in [5.41, 5.74) is 1.86. The van der Waals surface area contributed by atoms with Gasteiger partial charge in [-0.25, -0.2) is 4.98 Å². The van der Waals surface area contributed by atoms with E-state index in [0.717, 1.165) is 16.1 Å². The summed E-state index contributed by atoms with van der Waals surface area (Å²) < 4.78 is 0. The van der Waals surface area contributed by atoms with Crippen molar-refractivity contribution in [2.75, 3.05) is 11.9 Å². The molecule has 5 nitrogen and oxygen atoms in total. The molecule has 0 spiro atoms. The Kier molecular flexibility index (Phi) is 5.27. The fourth-order valence-electron chi connectivity index (χ4n) is 1.95. The smallest absolute Gasteiger partial charge is 0.315 e. The van der Waals surface area contributed by atoms with Crippen LogP contribution in [0.4, 0.5) is 5.13 Å². The molecule has 0 unspecified atom stereocenters. The molecule has 6 heteroatoms. The van der Waals surface area contributed by atoms with Gasteiger partial charge in [0.1, 0.15) is 0 Å². The third kappa shape index (κ3) is 3.92. The monoisotopic (exact) mass is 317 g/mol. The van der Waals surface area contributed by atoms with Crippen molar-refractivity contribution < 1.29 is 9.59 Å². The van der Waals surface area contributed by atoms with Gasteiger partial charge in [-0.2, -0.15) is 0 Å². The molecule has 0 aliphatic rings. The van der Waals surface area contributed by atoms with Crippen LogP contribution in [0.3, 0.4) is 0 Å². The molecule has 1 aromatic heterocycles. The highest BCUT2D eigenvalue weighted by molar-refractivity contribution is 7.15. The van der Waals surface area contributed by atoms with E-state index in [1.54, 1.807) is 0 Å². The van der Waals surface area contributed by atoms with Crippen molar-refractivity contribution in [3.05, 3.63) is 46.5 Å². The van der Waals surface area contributed by atoms with Gasteiger partial charge in [-0.05, 0) is 26.3 Å². The number of hydrogen-bond acceptors (Lipinski definition) is 4. The van der Waals surface area contributed by atoms with Crippen LogP contribution >= 0.6 is 11.3 Å². The van der Waals surface area contributed by atoms with E-state index < -0.39 is 11.8 Å². The van der Waals surface area contributed by atoms with Gasteiger partial charge in [0.15, 0.2) is 5.13 Å². The van der Waals surface area contributed by atoms with E-state index >= 15 is 0 Å². The van der Waals surface area contributed by atoms with Crippen LogP contribution in [0.1, 0.15) is 23.1 Å². The Morgan fingerprint density at radius 2 is 1.91 bits per heavy atom. The lowest BCUT2D eigenvalue weighted by Crippen LogP contribution is -2.39. The molecule has 0 aliphatic heterocycles. The summed E-state index contributed by atoms with van der Waals surface area (Å²) in [6.07, 6.45) is 0. The summed E-state index contributed by atoms with van der Waals surface area (Å²) >= 11 is 1.37. The quantitative estimate of drug-likeness (QED) is 0.882. The predicted octanol–water partition coefficient (Wildman–Crippen LogP) is 2.75. The molecule has 2 aromatic rings. The Bertz CT molecular complexity index is 648. The van der Waals surface area contributed by atoms with E-state index in [0.29, 0.717) is 18.2 Å². The van der Waals surface area contributed by atoms with E-state index in [9.17, 15) is 9.59 Å². The van der Waals surface area contributed by atoms with Crippen molar-refractivity contribution >= 4 is 28.3 Å². The third-order valence-corrected chi connectivity index (χ3v) is 4.32. The van der Waals surface area contributed by atoms with Gasteiger partial charge in [0, 0.05) is 18.0 Å². The highest BCUT2D eigenvalue weighted by atomic mass is 32.1. The number of nitrogens with zero attached hydrogens (tertiary/aromatic N) is 2. The second-order valence-electron chi connectivity index (χ2n) is 4.92. The number of amides is 2. The van der Waals surface area contributed by atoms with Gasteiger partial charge in [-0.15, -0.1) is 11.3 Å². The Labute approximate surface area is 134 Å². The first kappa shape index (κ1) is 16.2. The summed E-state index contributed by atoms with van der Waals surface area (Å²) in [4.78, 5) is 31.1. The van der Waals surface area contributed by atoms with E-state index in [2.05, 4.69) is 10.3 Å². The van der Waals surface area contributed by atoms with Gasteiger partial charge in [-0.3, -0.25) is 14.9 Å². The zero-order chi connectivity index (χ0) is 16.1. The molecule has 0 radical (unpaired) electrons. The molecule has 2 amide bonds. The highest BCUT2D eigenvalue weighted by Crippen LogP contribution is 2.21. The second kappa shape index (κ2) is 7.17. The molecule has 0 atom stereocenters. The second-order valence-corrected chi connectivity index (χ2v) is 6.12. The Balaban J connectivity index is 2.02. The van der Waals surface area contributed by atoms with Crippen molar-refractivity contribution in [1.29, 1.82) is 0 Å². The Morgan fingerprint density at radius 1 is 1.23 bits per heavy atom. The van der Waals surface area contributed by atoms with Crippen LogP contribution in [0.2, 0.25) is 0 Å². The first-order valence-electron chi connectivity index (χ1n) is 7.09. The van der Waals surface area contributed by atoms with Gasteiger partial charge in [-0.1, -0.05) is 30.3 Å². The standard InChI is InChI=1S/C16H19N3O2S/c1-4-19(10-13-8-6-5-7-9-13)15(21)14(20)18-16-17-11(2)12(3)22-16/h5-9H,4,10H2,1-3H3,(H,17,18,20). The largest absolute Gasteiger partial charge is 0.330 e. The molecule has 1 heterocycles. The van der Waals surface area contributed by atoms with Gasteiger partial charge in [0.05, 0.1) is 5.69 Å². The highest BCUT2D eigenvalue weighted by Gasteiger charge is 2.22. The van der Waals surface area contributed by atoms with Crippen LogP contribution in [0.15, 0.2) is 30.3 Å². The number of aromatic nitrogens is 1. The molecule has 0 aliphatic carbocycles. The van der Waals surface area contributed by atoms with E-state index in [1.807, 2.05) is 51.1 Å². The number of carbonyl (C=O) groups is 2. The average molecular weight is 317 g/mol. The maximum absolute atomic E-state index is 12.3. The number of thiazole rings is 1. The van der Waals surface area contributed by atoms with Crippen molar-refractivity contribution in [2.24, 2.45) is 0 Å². The molecule has 0 fully saturated rings. The van der Waals surface area contributed by atoms with Gasteiger partial charge < -0.3 is 4.90 Å². The van der Waals surface area contributed by atoms with Gasteiger partial charge in [0.25, 0.3) is 0 Å². The van der Waals surface area contributed by atoms with E-state index in [4.69, 9.17) is 0 Å². The molecular formula is C16H19N3O2S. The van der Waals surface area contributed by atoms with E-state index in [-0.39, 0.29) is 0 Å². The lowest BCUT2D eigenvalue weighted by molar-refractivity contribution is -0.143. The van der Waals surface area contributed by atoms with Crippen LogP contribution in [0.25, 0.3) is 0 Å². The molecule has 0 bridgehead atoms. The molecule has 116 valence electrons. The van der Waals surface area contributed by atoms with Crippen molar-refractivity contribution in [1.82, 2.24) is 9.88 Å². The zero-order valence-corrected chi connectivity index (χ0v) is 13.7. The van der Waals surface area contributed by atoms with E-state index in [1.165, 1.54) is 16.2 Å². The molecule has 2 rings (SSSR count). The molecule has 22 heavy (non-hydrogen) atoms. The Hall–Kier alpha value is -2.21. The molecule has 0 saturated carbocycles. The predicted molar refractivity (Wildman–Crippen MR) is 87.8 cm³/mol. The van der Waals surface area contributed by atoms with Crippen LogP contribution in [-0.4, -0.2) is 28.2 Å². The first-order chi connectivity index (χ1) is 10.5. The maximum atomic E-state index is 12.3. The van der Waals surface area contributed by atoms with Crippen LogP contribution < -0.4 is 5.32 Å². The summed E-state index contributed by atoms with van der Waals surface area (Å²) in [6, 6.07) is 9.61. The minimum Gasteiger partial charge on any atom is -0.330 e. The van der Waals surface area contributed by atoms with Crippen molar-refractivity contribution in [3.8, 4) is 0 Å². The normalized spacial score (nSPS) is 10.3. The first-order valence-corrected chi connectivity index (χ1v) is 7.91. The maximum Gasteiger partial charge on any atom is 0.315 e. The summed E-state index contributed by atoms with van der Waals surface area (Å²) in [5, 5.41) is 3.04. The minimum absolute atomic E-state index is 0.416. The average Bonchev–Trinajstić information content (AvgIpc) is 2.83. The Morgan fingerprint density at radius 3 is 2.45 bits per heavy atom. The number of nitrogens with one attached hydrogen (secondary N) is 1. The topological polar surface area (TPSA) is 62.3 Å². The van der Waals surface area contributed by atoms with Crippen LogP contribution in [0.5, 0.6) is 0 Å².